The molecule has 2 atom stereocenters. The summed E-state index contributed by atoms with van der Waals surface area (Å²) in [6, 6.07) is -0.372. The molecular weight excluding hydrogens is 420 g/mol. The molecule has 2 N–H and O–H groups in total. The van der Waals surface area contributed by atoms with Crippen molar-refractivity contribution in [2.24, 2.45) is 11.3 Å². The molecule has 0 aromatic heterocycles. The minimum Gasteiger partial charge on any atom is -0.460 e. The van der Waals surface area contributed by atoms with Crippen LogP contribution in [0, 0.1) is 11.3 Å². The van der Waals surface area contributed by atoms with Crippen LogP contribution in [0.5, 0.6) is 0 Å². The SMILES string of the molecule is CCCCCCCCC[C@H](CC(=O)OC(C)(C)C)C(=O)N[C@H](COC(=O)NCC)C(C)(C)C. The summed E-state index contributed by atoms with van der Waals surface area (Å²) in [7, 11) is 0. The van der Waals surface area contributed by atoms with Crippen LogP contribution in [0.3, 0.4) is 0 Å². The fraction of sp³-hybridized carbons (Fsp3) is 0.885. The topological polar surface area (TPSA) is 93.7 Å². The third-order valence-corrected chi connectivity index (χ3v) is 5.42. The average molecular weight is 471 g/mol. The molecule has 0 unspecified atom stereocenters. The molecule has 0 aromatic carbocycles. The zero-order valence-electron chi connectivity index (χ0n) is 22.5. The highest BCUT2D eigenvalue weighted by molar-refractivity contribution is 5.84. The van der Waals surface area contributed by atoms with E-state index in [0.717, 1.165) is 19.3 Å². The monoisotopic (exact) mass is 470 g/mol. The Balaban J connectivity index is 5.08. The summed E-state index contributed by atoms with van der Waals surface area (Å²) in [6.45, 7) is 16.0. The molecule has 0 radical (unpaired) electrons. The van der Waals surface area contributed by atoms with Crippen molar-refractivity contribution < 1.29 is 23.9 Å². The standard InChI is InChI=1S/C26H50N2O5/c1-9-11-12-13-14-15-16-17-20(18-22(29)33-26(6,7)8)23(30)28-21(25(3,4)5)19-32-24(31)27-10-2/h20-21H,9-19H2,1-8H3,(H,27,31)(H,28,30)/t20-,21-/m1/s1. The predicted molar refractivity (Wildman–Crippen MR) is 133 cm³/mol. The number of ether oxygens (including phenoxy) is 2. The van der Waals surface area contributed by atoms with Crippen molar-refractivity contribution in [2.75, 3.05) is 13.2 Å². The molecule has 0 heterocycles. The summed E-state index contributed by atoms with van der Waals surface area (Å²) in [5.74, 6) is -1.02. The molecular formula is C26H50N2O5. The fourth-order valence-electron chi connectivity index (χ4n) is 3.41. The number of esters is 1. The Hall–Kier alpha value is -1.79. The van der Waals surface area contributed by atoms with Crippen LogP contribution in [0.2, 0.25) is 0 Å². The van der Waals surface area contributed by atoms with Gasteiger partial charge in [-0.1, -0.05) is 72.6 Å². The van der Waals surface area contributed by atoms with E-state index in [1.807, 2.05) is 48.5 Å². The molecule has 0 saturated heterocycles. The largest absolute Gasteiger partial charge is 0.460 e. The Kier molecular flexibility index (Phi) is 15.1. The highest BCUT2D eigenvalue weighted by Crippen LogP contribution is 2.23. The molecule has 0 aromatic rings. The molecule has 2 amide bonds. The van der Waals surface area contributed by atoms with Gasteiger partial charge >= 0.3 is 12.1 Å². The second-order valence-electron chi connectivity index (χ2n) is 11.0. The van der Waals surface area contributed by atoms with Crippen LogP contribution in [0.25, 0.3) is 0 Å². The molecule has 0 bridgehead atoms. The maximum absolute atomic E-state index is 13.2. The van der Waals surface area contributed by atoms with Gasteiger partial charge in [0.05, 0.1) is 12.5 Å². The highest BCUT2D eigenvalue weighted by Gasteiger charge is 2.32. The van der Waals surface area contributed by atoms with E-state index in [2.05, 4.69) is 17.6 Å². The minimum absolute atomic E-state index is 0.0486. The van der Waals surface area contributed by atoms with Crippen LogP contribution in [-0.2, 0) is 19.1 Å². The van der Waals surface area contributed by atoms with Crippen LogP contribution >= 0.6 is 0 Å². The van der Waals surface area contributed by atoms with E-state index in [0.29, 0.717) is 13.0 Å². The van der Waals surface area contributed by atoms with Crippen LogP contribution in [0.1, 0.15) is 113 Å². The number of unbranched alkanes of at least 4 members (excludes halogenated alkanes) is 6. The molecule has 194 valence electrons. The predicted octanol–water partition coefficient (Wildman–Crippen LogP) is 5.75. The van der Waals surface area contributed by atoms with Gasteiger partial charge in [0.1, 0.15) is 12.2 Å². The minimum atomic E-state index is -0.591. The zero-order valence-corrected chi connectivity index (χ0v) is 22.5. The van der Waals surface area contributed by atoms with Gasteiger partial charge in [0, 0.05) is 12.5 Å². The van der Waals surface area contributed by atoms with Gasteiger partial charge in [0.15, 0.2) is 0 Å². The number of hydrogen-bond donors (Lipinski definition) is 2. The van der Waals surface area contributed by atoms with Crippen molar-refractivity contribution in [2.45, 2.75) is 125 Å². The van der Waals surface area contributed by atoms with E-state index in [1.54, 1.807) is 0 Å². The lowest BCUT2D eigenvalue weighted by atomic mass is 9.86. The van der Waals surface area contributed by atoms with Gasteiger partial charge < -0.3 is 20.1 Å². The number of carbonyl (C=O) groups is 3. The van der Waals surface area contributed by atoms with E-state index >= 15 is 0 Å². The number of hydrogen-bond acceptors (Lipinski definition) is 5. The summed E-state index contributed by atoms with van der Waals surface area (Å²) in [4.78, 5) is 37.4. The average Bonchev–Trinajstić information content (AvgIpc) is 2.67. The molecule has 7 nitrogen and oxygen atoms in total. The molecule has 0 spiro atoms. The van der Waals surface area contributed by atoms with Gasteiger partial charge in [0.25, 0.3) is 0 Å². The number of carbonyl (C=O) groups excluding carboxylic acids is 3. The van der Waals surface area contributed by atoms with E-state index in [-0.39, 0.29) is 36.4 Å². The quantitative estimate of drug-likeness (QED) is 0.235. The van der Waals surface area contributed by atoms with Gasteiger partial charge in [-0.15, -0.1) is 0 Å². The molecule has 0 aliphatic carbocycles. The Morgan fingerprint density at radius 3 is 1.94 bits per heavy atom. The molecule has 0 saturated carbocycles. The van der Waals surface area contributed by atoms with Crippen LogP contribution < -0.4 is 10.6 Å². The molecule has 7 heteroatoms. The van der Waals surface area contributed by atoms with E-state index in [9.17, 15) is 14.4 Å². The maximum Gasteiger partial charge on any atom is 0.407 e. The van der Waals surface area contributed by atoms with E-state index in [1.165, 1.54) is 25.7 Å². The summed E-state index contributed by atoms with van der Waals surface area (Å²) < 4.78 is 10.8. The summed E-state index contributed by atoms with van der Waals surface area (Å²) in [5.41, 5.74) is -0.913. The van der Waals surface area contributed by atoms with Crippen LogP contribution in [-0.4, -0.2) is 42.8 Å². The van der Waals surface area contributed by atoms with Crippen molar-refractivity contribution >= 4 is 18.0 Å². The Bertz CT molecular complexity index is 578. The molecule has 0 rings (SSSR count). The first kappa shape index (κ1) is 31.2. The third-order valence-electron chi connectivity index (χ3n) is 5.42. The zero-order chi connectivity index (χ0) is 25.5. The van der Waals surface area contributed by atoms with Crippen LogP contribution in [0.15, 0.2) is 0 Å². The summed E-state index contributed by atoms with van der Waals surface area (Å²) >= 11 is 0. The maximum atomic E-state index is 13.2. The van der Waals surface area contributed by atoms with Gasteiger partial charge in [-0.05, 0) is 39.5 Å². The molecule has 33 heavy (non-hydrogen) atoms. The Labute approximate surface area is 202 Å². The highest BCUT2D eigenvalue weighted by atomic mass is 16.6. The van der Waals surface area contributed by atoms with Crippen molar-refractivity contribution in [3.8, 4) is 0 Å². The first-order valence-corrected chi connectivity index (χ1v) is 12.7. The second kappa shape index (κ2) is 15.9. The van der Waals surface area contributed by atoms with Crippen molar-refractivity contribution in [1.82, 2.24) is 10.6 Å². The summed E-state index contributed by atoms with van der Waals surface area (Å²) in [6.07, 6.45) is 8.19. The lowest BCUT2D eigenvalue weighted by molar-refractivity contribution is -0.157. The first-order valence-electron chi connectivity index (χ1n) is 12.7. The van der Waals surface area contributed by atoms with Gasteiger partial charge in [-0.25, -0.2) is 4.79 Å². The third kappa shape index (κ3) is 16.5. The molecule has 0 aliphatic heterocycles. The van der Waals surface area contributed by atoms with E-state index < -0.39 is 17.6 Å². The van der Waals surface area contributed by atoms with Crippen molar-refractivity contribution in [3.63, 3.8) is 0 Å². The lowest BCUT2D eigenvalue weighted by Gasteiger charge is -2.32. The van der Waals surface area contributed by atoms with Gasteiger partial charge in [0.2, 0.25) is 5.91 Å². The number of alkyl carbamates (subject to hydrolysis) is 1. The van der Waals surface area contributed by atoms with Crippen molar-refractivity contribution in [3.05, 3.63) is 0 Å². The fourth-order valence-corrected chi connectivity index (χ4v) is 3.41. The Morgan fingerprint density at radius 1 is 0.848 bits per heavy atom. The van der Waals surface area contributed by atoms with Gasteiger partial charge in [-0.2, -0.15) is 0 Å². The lowest BCUT2D eigenvalue weighted by Crippen LogP contribution is -2.49. The van der Waals surface area contributed by atoms with Crippen molar-refractivity contribution in [1.29, 1.82) is 0 Å². The summed E-state index contributed by atoms with van der Waals surface area (Å²) in [5, 5.41) is 5.63. The normalized spacial score (nSPS) is 13.7. The number of amides is 2. The van der Waals surface area contributed by atoms with Crippen LogP contribution in [0.4, 0.5) is 4.79 Å². The van der Waals surface area contributed by atoms with Gasteiger partial charge in [-0.3, -0.25) is 9.59 Å². The smallest absolute Gasteiger partial charge is 0.407 e. The molecule has 0 aliphatic rings. The number of nitrogens with one attached hydrogen (secondary N) is 2. The first-order chi connectivity index (χ1) is 15.3. The molecule has 0 fully saturated rings. The second-order valence-corrected chi connectivity index (χ2v) is 11.0. The number of rotatable bonds is 15. The van der Waals surface area contributed by atoms with E-state index in [4.69, 9.17) is 9.47 Å². The Morgan fingerprint density at radius 2 is 1.42 bits per heavy atom.